The summed E-state index contributed by atoms with van der Waals surface area (Å²) in [7, 11) is 0. The van der Waals surface area contributed by atoms with E-state index in [-0.39, 0.29) is 0 Å². The maximum atomic E-state index is 3.99. The smallest absolute Gasteiger partial charge is 0.0458 e. The molecule has 92 valence electrons. The second-order valence-electron chi connectivity index (χ2n) is 4.31. The van der Waals surface area contributed by atoms with E-state index in [1.807, 2.05) is 36.4 Å². The molecule has 0 fully saturated rings. The normalized spacial score (nSPS) is 11.8. The third-order valence-corrected chi connectivity index (χ3v) is 2.93. The van der Waals surface area contributed by atoms with Crippen LogP contribution in [-0.2, 0) is 0 Å². The van der Waals surface area contributed by atoms with E-state index in [0.717, 1.165) is 11.3 Å². The highest BCUT2D eigenvalue weighted by Gasteiger charge is 1.94. The first-order valence-corrected chi connectivity index (χ1v) is 6.24. The summed E-state index contributed by atoms with van der Waals surface area (Å²) in [6, 6.07) is 14.4. The maximum Gasteiger partial charge on any atom is 0.0458 e. The zero-order valence-corrected chi connectivity index (χ0v) is 10.5. The highest BCUT2D eigenvalue weighted by molar-refractivity contribution is 5.82. The number of allylic oxidation sites excluding steroid dienone is 2. The summed E-state index contributed by atoms with van der Waals surface area (Å²) in [6.45, 7) is 0. The molecule has 0 aliphatic heterocycles. The second kappa shape index (κ2) is 5.36. The number of H-pyrrole nitrogens is 1. The molecule has 0 amide bonds. The zero-order valence-electron chi connectivity index (χ0n) is 10.5. The van der Waals surface area contributed by atoms with Crippen molar-refractivity contribution in [3.8, 4) is 0 Å². The Bertz CT molecular complexity index is 688. The second-order valence-corrected chi connectivity index (χ2v) is 4.31. The number of nitrogens with zero attached hydrogens (tertiary/aromatic N) is 1. The van der Waals surface area contributed by atoms with Gasteiger partial charge in [-0.2, -0.15) is 0 Å². The molecule has 3 aromatic rings. The molecule has 0 radical (unpaired) electrons. The quantitative estimate of drug-likeness (QED) is 0.686. The molecule has 2 nitrogen and oxygen atoms in total. The summed E-state index contributed by atoms with van der Waals surface area (Å²) in [5.41, 5.74) is 3.43. The van der Waals surface area contributed by atoms with E-state index < -0.39 is 0 Å². The number of aromatic nitrogens is 2. The summed E-state index contributed by atoms with van der Waals surface area (Å²) < 4.78 is 0. The highest BCUT2D eigenvalue weighted by Crippen LogP contribution is 2.15. The standard InChI is InChI=1S/C17H14N2/c1(5-14-9-11-18-12-10-14)3-7-16-13-15-6-2-4-8-17(15)19-16/h1-13,19H/b5-1+,7-3+. The van der Waals surface area contributed by atoms with E-state index >= 15 is 0 Å². The number of hydrogen-bond donors (Lipinski definition) is 1. The van der Waals surface area contributed by atoms with Gasteiger partial charge in [-0.1, -0.05) is 36.4 Å². The lowest BCUT2D eigenvalue weighted by atomic mass is 10.2. The fourth-order valence-electron chi connectivity index (χ4n) is 1.99. The first kappa shape index (κ1) is 11.5. The summed E-state index contributed by atoms with van der Waals surface area (Å²) in [5, 5.41) is 1.24. The van der Waals surface area contributed by atoms with Crippen LogP contribution in [0.15, 0.2) is 67.0 Å². The first-order valence-electron chi connectivity index (χ1n) is 6.24. The Morgan fingerprint density at radius 2 is 1.68 bits per heavy atom. The van der Waals surface area contributed by atoms with Crippen molar-refractivity contribution in [3.05, 3.63) is 78.3 Å². The topological polar surface area (TPSA) is 28.7 Å². The van der Waals surface area contributed by atoms with E-state index in [0.29, 0.717) is 0 Å². The average Bonchev–Trinajstić information content (AvgIpc) is 2.87. The van der Waals surface area contributed by atoms with Crippen molar-refractivity contribution in [1.29, 1.82) is 0 Å². The van der Waals surface area contributed by atoms with Gasteiger partial charge in [0, 0.05) is 23.6 Å². The van der Waals surface area contributed by atoms with Gasteiger partial charge in [-0.3, -0.25) is 4.98 Å². The molecular formula is C17H14N2. The molecule has 1 N–H and O–H groups in total. The Balaban J connectivity index is 1.74. The van der Waals surface area contributed by atoms with Crippen LogP contribution in [0.4, 0.5) is 0 Å². The van der Waals surface area contributed by atoms with Crippen LogP contribution < -0.4 is 0 Å². The van der Waals surface area contributed by atoms with Gasteiger partial charge in [0.25, 0.3) is 0 Å². The van der Waals surface area contributed by atoms with Crippen LogP contribution >= 0.6 is 0 Å². The molecule has 0 saturated heterocycles. The predicted octanol–water partition coefficient (Wildman–Crippen LogP) is 4.29. The SMILES string of the molecule is C(/C=C/c1cc2ccccc2[nH]1)=C\c1ccncc1. The molecule has 2 heterocycles. The van der Waals surface area contributed by atoms with E-state index in [4.69, 9.17) is 0 Å². The largest absolute Gasteiger partial charge is 0.355 e. The molecule has 0 aliphatic carbocycles. The number of benzene rings is 1. The van der Waals surface area contributed by atoms with Crippen molar-refractivity contribution in [2.75, 3.05) is 0 Å². The van der Waals surface area contributed by atoms with Gasteiger partial charge in [0.1, 0.15) is 0 Å². The van der Waals surface area contributed by atoms with E-state index in [1.165, 1.54) is 10.9 Å². The molecule has 0 unspecified atom stereocenters. The fraction of sp³-hybridized carbons (Fsp3) is 0. The van der Waals surface area contributed by atoms with Gasteiger partial charge < -0.3 is 4.98 Å². The molecule has 2 heteroatoms. The molecule has 3 rings (SSSR count). The molecule has 2 aromatic heterocycles. The summed E-state index contributed by atoms with van der Waals surface area (Å²) >= 11 is 0. The van der Waals surface area contributed by atoms with Gasteiger partial charge >= 0.3 is 0 Å². The van der Waals surface area contributed by atoms with Crippen LogP contribution in [0, 0.1) is 0 Å². The number of fused-ring (bicyclic) bond motifs is 1. The Morgan fingerprint density at radius 1 is 0.895 bits per heavy atom. The third-order valence-electron chi connectivity index (χ3n) is 2.93. The van der Waals surface area contributed by atoms with Gasteiger partial charge in [0.15, 0.2) is 0 Å². The molecule has 0 saturated carbocycles. The van der Waals surface area contributed by atoms with E-state index in [2.05, 4.69) is 40.3 Å². The maximum absolute atomic E-state index is 3.99. The third kappa shape index (κ3) is 2.80. The Labute approximate surface area is 112 Å². The number of nitrogens with one attached hydrogen (secondary N) is 1. The average molecular weight is 246 g/mol. The van der Waals surface area contributed by atoms with Crippen LogP contribution in [0.5, 0.6) is 0 Å². The molecule has 0 spiro atoms. The monoisotopic (exact) mass is 246 g/mol. The molecule has 0 bridgehead atoms. The van der Waals surface area contributed by atoms with Crippen LogP contribution in [0.2, 0.25) is 0 Å². The fourth-order valence-corrected chi connectivity index (χ4v) is 1.99. The summed E-state index contributed by atoms with van der Waals surface area (Å²) in [5.74, 6) is 0. The van der Waals surface area contributed by atoms with E-state index in [9.17, 15) is 0 Å². The lowest BCUT2D eigenvalue weighted by Crippen LogP contribution is -1.71. The van der Waals surface area contributed by atoms with Gasteiger partial charge in [0.05, 0.1) is 0 Å². The number of rotatable bonds is 3. The first-order chi connectivity index (χ1) is 9.42. The van der Waals surface area contributed by atoms with Crippen molar-refractivity contribution in [2.45, 2.75) is 0 Å². The molecular weight excluding hydrogens is 232 g/mol. The molecule has 1 aromatic carbocycles. The van der Waals surface area contributed by atoms with Crippen LogP contribution in [0.25, 0.3) is 23.1 Å². The van der Waals surface area contributed by atoms with Crippen molar-refractivity contribution in [1.82, 2.24) is 9.97 Å². The van der Waals surface area contributed by atoms with Crippen LogP contribution in [0.3, 0.4) is 0 Å². The summed E-state index contributed by atoms with van der Waals surface area (Å²) in [6.07, 6.45) is 11.8. The van der Waals surface area contributed by atoms with E-state index in [1.54, 1.807) is 12.4 Å². The van der Waals surface area contributed by atoms with Gasteiger partial charge in [0.2, 0.25) is 0 Å². The highest BCUT2D eigenvalue weighted by atomic mass is 14.7. The van der Waals surface area contributed by atoms with Gasteiger partial charge in [-0.15, -0.1) is 0 Å². The van der Waals surface area contributed by atoms with Crippen LogP contribution in [-0.4, -0.2) is 9.97 Å². The lowest BCUT2D eigenvalue weighted by Gasteiger charge is -1.88. The minimum Gasteiger partial charge on any atom is -0.355 e. The zero-order chi connectivity index (χ0) is 12.9. The van der Waals surface area contributed by atoms with Crippen molar-refractivity contribution in [3.63, 3.8) is 0 Å². The Hall–Kier alpha value is -2.61. The van der Waals surface area contributed by atoms with Crippen molar-refractivity contribution in [2.24, 2.45) is 0 Å². The summed E-state index contributed by atoms with van der Waals surface area (Å²) in [4.78, 5) is 7.35. The predicted molar refractivity (Wildman–Crippen MR) is 80.6 cm³/mol. The molecule has 0 aliphatic rings. The minimum absolute atomic E-state index is 1.11. The number of para-hydroxylation sites is 1. The Kier molecular flexibility index (Phi) is 3.24. The van der Waals surface area contributed by atoms with Gasteiger partial charge in [-0.05, 0) is 41.3 Å². The molecule has 19 heavy (non-hydrogen) atoms. The molecule has 0 atom stereocenters. The van der Waals surface area contributed by atoms with Gasteiger partial charge in [-0.25, -0.2) is 0 Å². The minimum atomic E-state index is 1.11. The van der Waals surface area contributed by atoms with Crippen molar-refractivity contribution < 1.29 is 0 Å². The number of aromatic amines is 1. The van der Waals surface area contributed by atoms with Crippen molar-refractivity contribution >= 4 is 23.1 Å². The number of hydrogen-bond acceptors (Lipinski definition) is 1. The lowest BCUT2D eigenvalue weighted by molar-refractivity contribution is 1.32. The Morgan fingerprint density at radius 3 is 2.53 bits per heavy atom. The van der Waals surface area contributed by atoms with Crippen LogP contribution in [0.1, 0.15) is 11.3 Å². The number of pyridine rings is 1.